The summed E-state index contributed by atoms with van der Waals surface area (Å²) in [6, 6.07) is 6.40. The Morgan fingerprint density at radius 3 is 2.27 bits per heavy atom. The number of methoxy groups -OCH3 is 1. The molecular weight excluding hydrogens is 385 g/mol. The van der Waals surface area contributed by atoms with Gasteiger partial charge in [0.15, 0.2) is 0 Å². The molecule has 26 heavy (non-hydrogen) atoms. The number of nitrogens with zero attached hydrogens (tertiary/aromatic N) is 1. The molecule has 2 aromatic rings. The largest absolute Gasteiger partial charge is 0.496 e. The summed E-state index contributed by atoms with van der Waals surface area (Å²) < 4.78 is 5.17. The van der Waals surface area contributed by atoms with Crippen molar-refractivity contribution >= 4 is 52.1 Å². The highest BCUT2D eigenvalue weighted by Gasteiger charge is 2.18. The molecule has 0 saturated heterocycles. The van der Waals surface area contributed by atoms with Crippen molar-refractivity contribution in [1.29, 1.82) is 0 Å². The third-order valence-electron chi connectivity index (χ3n) is 3.26. The second-order valence-corrected chi connectivity index (χ2v) is 5.90. The van der Waals surface area contributed by atoms with Crippen LogP contribution in [0.5, 0.6) is 5.75 Å². The van der Waals surface area contributed by atoms with Gasteiger partial charge in [-0.3, -0.25) is 19.7 Å². The van der Waals surface area contributed by atoms with Crippen molar-refractivity contribution in [3.8, 4) is 5.75 Å². The first-order valence-corrected chi connectivity index (χ1v) is 7.89. The molecule has 2 amide bonds. The molecule has 10 heteroatoms. The topological polar surface area (TPSA) is 111 Å². The van der Waals surface area contributed by atoms with Crippen molar-refractivity contribution in [2.24, 2.45) is 0 Å². The molecule has 2 N–H and O–H groups in total. The predicted molar refractivity (Wildman–Crippen MR) is 98.4 cm³/mol. The van der Waals surface area contributed by atoms with Gasteiger partial charge in [0.2, 0.25) is 5.91 Å². The smallest absolute Gasteiger partial charge is 0.271 e. The quantitative estimate of drug-likeness (QED) is 0.582. The number of hydrogen-bond acceptors (Lipinski definition) is 5. The molecule has 0 aliphatic carbocycles. The number of carbonyl (C=O) groups excluding carboxylic acids is 2. The monoisotopic (exact) mass is 397 g/mol. The molecular formula is C16H13Cl2N3O5. The number of nitro groups is 1. The number of anilines is 2. The van der Waals surface area contributed by atoms with Gasteiger partial charge in [-0.1, -0.05) is 23.2 Å². The van der Waals surface area contributed by atoms with Crippen LogP contribution in [0.1, 0.15) is 17.3 Å². The van der Waals surface area contributed by atoms with Crippen molar-refractivity contribution in [2.75, 3.05) is 17.7 Å². The fraction of sp³-hybridized carbons (Fsp3) is 0.125. The van der Waals surface area contributed by atoms with Crippen LogP contribution in [0.25, 0.3) is 0 Å². The van der Waals surface area contributed by atoms with Crippen LogP contribution < -0.4 is 15.4 Å². The number of ether oxygens (including phenoxy) is 1. The zero-order valence-corrected chi connectivity index (χ0v) is 15.1. The number of hydrogen-bond donors (Lipinski definition) is 2. The summed E-state index contributed by atoms with van der Waals surface area (Å²) in [4.78, 5) is 33.8. The van der Waals surface area contributed by atoms with Gasteiger partial charge >= 0.3 is 0 Å². The van der Waals surface area contributed by atoms with E-state index in [0.717, 1.165) is 6.07 Å². The van der Waals surface area contributed by atoms with Gasteiger partial charge in [0.05, 0.1) is 39.0 Å². The van der Waals surface area contributed by atoms with Crippen LogP contribution in [0, 0.1) is 10.1 Å². The summed E-state index contributed by atoms with van der Waals surface area (Å²) in [6.07, 6.45) is 0. The normalized spacial score (nSPS) is 10.2. The van der Waals surface area contributed by atoms with E-state index >= 15 is 0 Å². The van der Waals surface area contributed by atoms with Gasteiger partial charge in [-0.2, -0.15) is 0 Å². The van der Waals surface area contributed by atoms with E-state index < -0.39 is 10.8 Å². The van der Waals surface area contributed by atoms with Crippen LogP contribution in [-0.2, 0) is 4.79 Å². The van der Waals surface area contributed by atoms with Gasteiger partial charge in [-0.25, -0.2) is 0 Å². The Hall–Kier alpha value is -2.84. The Kier molecular flexibility index (Phi) is 6.01. The zero-order valence-electron chi connectivity index (χ0n) is 13.6. The van der Waals surface area contributed by atoms with Crippen LogP contribution >= 0.6 is 23.2 Å². The number of halogens is 2. The summed E-state index contributed by atoms with van der Waals surface area (Å²) in [5.41, 5.74) is 0.377. The third kappa shape index (κ3) is 4.41. The molecule has 2 rings (SSSR count). The summed E-state index contributed by atoms with van der Waals surface area (Å²) in [7, 11) is 1.36. The number of amides is 2. The minimum Gasteiger partial charge on any atom is -0.496 e. The van der Waals surface area contributed by atoms with Gasteiger partial charge in [-0.05, 0) is 12.1 Å². The van der Waals surface area contributed by atoms with Crippen LogP contribution in [0.3, 0.4) is 0 Å². The van der Waals surface area contributed by atoms with E-state index in [1.807, 2.05) is 0 Å². The molecule has 0 atom stereocenters. The number of nitrogens with one attached hydrogen (secondary N) is 2. The first-order chi connectivity index (χ1) is 12.2. The van der Waals surface area contributed by atoms with E-state index in [9.17, 15) is 19.7 Å². The number of non-ortho nitro benzene ring substituents is 1. The Morgan fingerprint density at radius 1 is 1.08 bits per heavy atom. The van der Waals surface area contributed by atoms with Crippen LogP contribution in [0.15, 0.2) is 30.3 Å². The van der Waals surface area contributed by atoms with Crippen molar-refractivity contribution in [3.05, 3.63) is 56.1 Å². The van der Waals surface area contributed by atoms with E-state index in [4.69, 9.17) is 27.9 Å². The lowest BCUT2D eigenvalue weighted by atomic mass is 10.1. The standard InChI is InChI=1S/C16H13Cl2N3O5/c1-8(22)19-14-7-15(26-2)10(6-12(14)18)16(23)20-13-4-3-9(21(24)25)5-11(13)17/h3-7H,1-2H3,(H,19,22)(H,20,23). The van der Waals surface area contributed by atoms with Crippen molar-refractivity contribution in [2.45, 2.75) is 6.92 Å². The van der Waals surface area contributed by atoms with E-state index in [1.54, 1.807) is 0 Å². The van der Waals surface area contributed by atoms with Gasteiger partial charge in [-0.15, -0.1) is 0 Å². The van der Waals surface area contributed by atoms with Gasteiger partial charge in [0, 0.05) is 25.1 Å². The molecule has 136 valence electrons. The molecule has 0 aromatic heterocycles. The summed E-state index contributed by atoms with van der Waals surface area (Å²) in [6.45, 7) is 1.32. The van der Waals surface area contributed by atoms with Crippen LogP contribution in [-0.4, -0.2) is 23.8 Å². The van der Waals surface area contributed by atoms with Crippen molar-refractivity contribution in [3.63, 3.8) is 0 Å². The summed E-state index contributed by atoms with van der Waals surface area (Å²) in [5.74, 6) is -0.744. The third-order valence-corrected chi connectivity index (χ3v) is 3.88. The number of carbonyl (C=O) groups is 2. The van der Waals surface area contributed by atoms with E-state index in [-0.39, 0.29) is 38.6 Å². The minimum atomic E-state index is -0.596. The lowest BCUT2D eigenvalue weighted by molar-refractivity contribution is -0.384. The maximum atomic E-state index is 12.5. The number of rotatable bonds is 5. The molecule has 0 heterocycles. The first kappa shape index (κ1) is 19.5. The molecule has 0 bridgehead atoms. The van der Waals surface area contributed by atoms with Crippen LogP contribution in [0.4, 0.5) is 17.1 Å². The summed E-state index contributed by atoms with van der Waals surface area (Å²) in [5, 5.41) is 15.9. The highest BCUT2D eigenvalue weighted by Crippen LogP contribution is 2.33. The summed E-state index contributed by atoms with van der Waals surface area (Å²) >= 11 is 12.1. The SMILES string of the molecule is COc1cc(NC(C)=O)c(Cl)cc1C(=O)Nc1ccc([N+](=O)[O-])cc1Cl. The molecule has 0 aliphatic rings. The highest BCUT2D eigenvalue weighted by atomic mass is 35.5. The molecule has 2 aromatic carbocycles. The average molecular weight is 398 g/mol. The number of nitro benzene ring substituents is 1. The van der Waals surface area contributed by atoms with E-state index in [1.165, 1.54) is 38.3 Å². The van der Waals surface area contributed by atoms with Crippen molar-refractivity contribution in [1.82, 2.24) is 0 Å². The Bertz CT molecular complexity index is 902. The Labute approximate surface area is 158 Å². The minimum absolute atomic E-state index is 0.00693. The first-order valence-electron chi connectivity index (χ1n) is 7.13. The van der Waals surface area contributed by atoms with E-state index in [0.29, 0.717) is 5.69 Å². The molecule has 0 saturated carbocycles. The molecule has 0 unspecified atom stereocenters. The fourth-order valence-electron chi connectivity index (χ4n) is 2.09. The maximum Gasteiger partial charge on any atom is 0.271 e. The maximum absolute atomic E-state index is 12.5. The predicted octanol–water partition coefficient (Wildman–Crippen LogP) is 4.12. The molecule has 0 radical (unpaired) electrons. The Balaban J connectivity index is 2.33. The van der Waals surface area contributed by atoms with Crippen molar-refractivity contribution < 1.29 is 19.2 Å². The van der Waals surface area contributed by atoms with E-state index in [2.05, 4.69) is 10.6 Å². The van der Waals surface area contributed by atoms with Crippen LogP contribution in [0.2, 0.25) is 10.0 Å². The zero-order chi connectivity index (χ0) is 19.4. The Morgan fingerprint density at radius 2 is 1.73 bits per heavy atom. The second kappa shape index (κ2) is 8.03. The molecule has 0 spiro atoms. The second-order valence-electron chi connectivity index (χ2n) is 5.09. The van der Waals surface area contributed by atoms with Gasteiger partial charge < -0.3 is 15.4 Å². The molecule has 0 fully saturated rings. The lowest BCUT2D eigenvalue weighted by Gasteiger charge is -2.13. The lowest BCUT2D eigenvalue weighted by Crippen LogP contribution is -2.14. The number of benzene rings is 2. The average Bonchev–Trinajstić information content (AvgIpc) is 2.57. The van der Waals surface area contributed by atoms with Gasteiger partial charge in [0.25, 0.3) is 11.6 Å². The van der Waals surface area contributed by atoms with Gasteiger partial charge in [0.1, 0.15) is 5.75 Å². The molecule has 0 aliphatic heterocycles. The fourth-order valence-corrected chi connectivity index (χ4v) is 2.53. The highest BCUT2D eigenvalue weighted by molar-refractivity contribution is 6.35. The molecule has 8 nitrogen and oxygen atoms in total.